The van der Waals surface area contributed by atoms with Crippen molar-refractivity contribution >= 4 is 39.5 Å². The first-order valence-corrected chi connectivity index (χ1v) is 9.69. The summed E-state index contributed by atoms with van der Waals surface area (Å²) in [4.78, 5) is 28.3. The third-order valence-corrected chi connectivity index (χ3v) is 5.21. The highest BCUT2D eigenvalue weighted by atomic mass is 32.1. The molecule has 3 N–H and O–H groups in total. The first-order chi connectivity index (χ1) is 14.6. The summed E-state index contributed by atoms with van der Waals surface area (Å²) in [5.41, 5.74) is 7.14. The van der Waals surface area contributed by atoms with Gasteiger partial charge in [0.15, 0.2) is 0 Å². The minimum Gasteiger partial charge on any atom is -0.422 e. The number of hydrogen-bond donors (Lipinski definition) is 2. The number of nitrogens with one attached hydrogen (secondary N) is 1. The number of nitrogens with two attached hydrogens (primary N) is 1. The summed E-state index contributed by atoms with van der Waals surface area (Å²) in [5.74, 6) is -0.579. The molecule has 0 bridgehead atoms. The molecule has 1 amide bonds. The summed E-state index contributed by atoms with van der Waals surface area (Å²) in [6.45, 7) is 0. The molecular weight excluding hydrogens is 400 g/mol. The first kappa shape index (κ1) is 19.1. The predicted molar refractivity (Wildman–Crippen MR) is 116 cm³/mol. The molecule has 30 heavy (non-hydrogen) atoms. The fourth-order valence-corrected chi connectivity index (χ4v) is 3.66. The summed E-state index contributed by atoms with van der Waals surface area (Å²) in [6, 6.07) is 17.7. The summed E-state index contributed by atoms with van der Waals surface area (Å²) < 4.78 is 5.36. The normalized spacial score (nSPS) is 11.2. The van der Waals surface area contributed by atoms with E-state index in [9.17, 15) is 14.9 Å². The van der Waals surface area contributed by atoms with Crippen LogP contribution in [0.4, 0.5) is 5.69 Å². The van der Waals surface area contributed by atoms with Gasteiger partial charge in [0.2, 0.25) is 0 Å². The minimum atomic E-state index is -0.579. The van der Waals surface area contributed by atoms with Crippen LogP contribution in [0.2, 0.25) is 0 Å². The molecule has 4 rings (SSSR count). The number of fused-ring (bicyclic) bond motifs is 1. The van der Waals surface area contributed by atoms with Crippen LogP contribution in [0.3, 0.4) is 0 Å². The van der Waals surface area contributed by atoms with Gasteiger partial charge in [-0.1, -0.05) is 30.3 Å². The van der Waals surface area contributed by atoms with Crippen LogP contribution in [0.25, 0.3) is 27.8 Å². The van der Waals surface area contributed by atoms with Crippen LogP contribution in [0.15, 0.2) is 75.4 Å². The van der Waals surface area contributed by atoms with Crippen LogP contribution in [-0.2, 0) is 0 Å². The van der Waals surface area contributed by atoms with Crippen LogP contribution < -0.4 is 16.7 Å². The Kier molecular flexibility index (Phi) is 5.11. The molecule has 0 fully saturated rings. The smallest absolute Gasteiger partial charge is 0.345 e. The van der Waals surface area contributed by atoms with E-state index in [1.807, 2.05) is 12.1 Å². The van der Waals surface area contributed by atoms with E-state index < -0.39 is 11.5 Å². The highest BCUT2D eigenvalue weighted by Gasteiger charge is 2.14. The second-order valence-electron chi connectivity index (χ2n) is 6.25. The molecule has 0 radical (unpaired) electrons. The van der Waals surface area contributed by atoms with E-state index in [1.54, 1.807) is 47.8 Å². The highest BCUT2D eigenvalue weighted by Crippen LogP contribution is 2.26. The minimum absolute atomic E-state index is 0.246. The average molecular weight is 414 g/mol. The van der Waals surface area contributed by atoms with E-state index in [1.165, 1.54) is 17.5 Å². The van der Waals surface area contributed by atoms with E-state index >= 15 is 0 Å². The fraction of sp³-hybridized carbons (Fsp3) is 0. The number of anilines is 1. The van der Waals surface area contributed by atoms with Gasteiger partial charge < -0.3 is 15.5 Å². The molecule has 146 valence electrons. The zero-order chi connectivity index (χ0) is 21.1. The second kappa shape index (κ2) is 8.03. The molecule has 0 spiro atoms. The number of rotatable bonds is 5. The average Bonchev–Trinajstić information content (AvgIpc) is 3.23. The van der Waals surface area contributed by atoms with Crippen molar-refractivity contribution in [2.24, 2.45) is 5.73 Å². The van der Waals surface area contributed by atoms with Crippen molar-refractivity contribution in [2.75, 3.05) is 5.32 Å². The van der Waals surface area contributed by atoms with Crippen molar-refractivity contribution in [3.8, 4) is 17.3 Å². The lowest BCUT2D eigenvalue weighted by Crippen LogP contribution is -2.13. The number of amides is 1. The number of aromatic nitrogens is 1. The Hall–Kier alpha value is -4.22. The molecule has 0 aliphatic rings. The van der Waals surface area contributed by atoms with Crippen molar-refractivity contribution < 1.29 is 9.21 Å². The number of hydrogen-bond acceptors (Lipinski definition) is 7. The molecule has 0 aliphatic carbocycles. The van der Waals surface area contributed by atoms with Gasteiger partial charge in [0.05, 0.1) is 22.5 Å². The van der Waals surface area contributed by atoms with Crippen LogP contribution in [0, 0.1) is 11.3 Å². The Morgan fingerprint density at radius 2 is 1.97 bits per heavy atom. The Labute approximate surface area is 174 Å². The SMILES string of the molecule is N#CC(=CNc1ccccc1C(N)=O)c1nc(-c2cc3ccccc3oc2=O)cs1. The van der Waals surface area contributed by atoms with Crippen molar-refractivity contribution in [1.29, 1.82) is 5.26 Å². The molecule has 2 aromatic carbocycles. The molecule has 0 saturated heterocycles. The molecule has 2 aromatic heterocycles. The summed E-state index contributed by atoms with van der Waals surface area (Å²) in [7, 11) is 0. The van der Waals surface area contributed by atoms with Gasteiger partial charge in [-0.05, 0) is 24.3 Å². The van der Waals surface area contributed by atoms with E-state index in [0.717, 1.165) is 5.39 Å². The number of carbonyl (C=O) groups excluding carboxylic acids is 1. The van der Waals surface area contributed by atoms with Gasteiger partial charge in [-0.3, -0.25) is 4.79 Å². The monoisotopic (exact) mass is 414 g/mol. The summed E-state index contributed by atoms with van der Waals surface area (Å²) >= 11 is 1.22. The zero-order valence-electron chi connectivity index (χ0n) is 15.5. The van der Waals surface area contributed by atoms with Crippen molar-refractivity contribution in [3.63, 3.8) is 0 Å². The van der Waals surface area contributed by atoms with E-state index in [-0.39, 0.29) is 5.57 Å². The van der Waals surface area contributed by atoms with Crippen LogP contribution in [0.1, 0.15) is 15.4 Å². The Balaban J connectivity index is 1.67. The van der Waals surface area contributed by atoms with Gasteiger partial charge in [-0.15, -0.1) is 11.3 Å². The van der Waals surface area contributed by atoms with Crippen LogP contribution in [0.5, 0.6) is 0 Å². The Morgan fingerprint density at radius 3 is 2.77 bits per heavy atom. The maximum Gasteiger partial charge on any atom is 0.345 e. The van der Waals surface area contributed by atoms with Gasteiger partial charge >= 0.3 is 5.63 Å². The predicted octanol–water partition coefficient (Wildman–Crippen LogP) is 3.99. The van der Waals surface area contributed by atoms with E-state index in [2.05, 4.69) is 16.4 Å². The molecule has 7 nitrogen and oxygen atoms in total. The van der Waals surface area contributed by atoms with E-state index in [0.29, 0.717) is 33.1 Å². The van der Waals surface area contributed by atoms with Gasteiger partial charge in [0.1, 0.15) is 22.2 Å². The summed E-state index contributed by atoms with van der Waals surface area (Å²) in [5, 5.41) is 15.4. The number of carbonyl (C=O) groups is 1. The van der Waals surface area contributed by atoms with Crippen molar-refractivity contribution in [3.05, 3.63) is 87.2 Å². The maximum absolute atomic E-state index is 12.4. The van der Waals surface area contributed by atoms with Crippen LogP contribution >= 0.6 is 11.3 Å². The lowest BCUT2D eigenvalue weighted by molar-refractivity contribution is 0.100. The van der Waals surface area contributed by atoms with Crippen LogP contribution in [-0.4, -0.2) is 10.9 Å². The molecule has 8 heteroatoms. The Bertz CT molecular complexity index is 1400. The second-order valence-corrected chi connectivity index (χ2v) is 7.11. The molecule has 4 aromatic rings. The number of nitriles is 1. The maximum atomic E-state index is 12.4. The van der Waals surface area contributed by atoms with E-state index in [4.69, 9.17) is 10.2 Å². The first-order valence-electron chi connectivity index (χ1n) is 8.81. The number of primary amides is 1. The highest BCUT2D eigenvalue weighted by molar-refractivity contribution is 7.11. The third kappa shape index (κ3) is 3.70. The lowest BCUT2D eigenvalue weighted by atomic mass is 10.1. The molecular formula is C22H14N4O3S. The van der Waals surface area contributed by atoms with Crippen molar-refractivity contribution in [1.82, 2.24) is 4.98 Å². The standard InChI is InChI=1S/C22H14N4O3S/c23-10-14(11-25-17-7-3-2-6-15(17)20(24)27)21-26-18(12-30-21)16-9-13-5-1-4-8-19(13)29-22(16)28/h1-9,11-12,25H,(H2,24,27). The quantitative estimate of drug-likeness (QED) is 0.376. The summed E-state index contributed by atoms with van der Waals surface area (Å²) in [6.07, 6.45) is 1.45. The number of nitrogens with zero attached hydrogens (tertiary/aromatic N) is 2. The lowest BCUT2D eigenvalue weighted by Gasteiger charge is -2.06. The van der Waals surface area contributed by atoms with Gasteiger partial charge in [-0.25, -0.2) is 9.78 Å². The fourth-order valence-electron chi connectivity index (χ4n) is 2.88. The Morgan fingerprint density at radius 1 is 1.20 bits per heavy atom. The number of benzene rings is 2. The van der Waals surface area contributed by atoms with Crippen molar-refractivity contribution in [2.45, 2.75) is 0 Å². The van der Waals surface area contributed by atoms with Gasteiger partial charge in [-0.2, -0.15) is 5.26 Å². The molecule has 0 saturated carbocycles. The number of para-hydroxylation sites is 2. The molecule has 2 heterocycles. The largest absolute Gasteiger partial charge is 0.422 e. The third-order valence-electron chi connectivity index (χ3n) is 4.34. The topological polar surface area (TPSA) is 122 Å². The van der Waals surface area contributed by atoms with Gasteiger partial charge in [0.25, 0.3) is 5.91 Å². The molecule has 0 unspecified atom stereocenters. The molecule has 0 atom stereocenters. The molecule has 0 aliphatic heterocycles. The number of thiazole rings is 1. The zero-order valence-corrected chi connectivity index (χ0v) is 16.3. The van der Waals surface area contributed by atoms with Gasteiger partial charge in [0, 0.05) is 17.0 Å². The number of allylic oxidation sites excluding steroid dienone is 1.